The predicted molar refractivity (Wildman–Crippen MR) is 118 cm³/mol. The molecular weight excluding hydrogens is 429 g/mol. The second-order valence-corrected chi connectivity index (χ2v) is 8.45. The summed E-state index contributed by atoms with van der Waals surface area (Å²) in [6.07, 6.45) is 0.191. The molecule has 1 heterocycles. The molecule has 0 aliphatic carbocycles. The van der Waals surface area contributed by atoms with Crippen LogP contribution >= 0.6 is 23.2 Å². The van der Waals surface area contributed by atoms with Crippen LogP contribution in [0.25, 0.3) is 0 Å². The number of carbonyl (C=O) groups is 1. The highest BCUT2D eigenvalue weighted by molar-refractivity contribution is 6.34. The van der Waals surface area contributed by atoms with Gasteiger partial charge in [-0.25, -0.2) is 4.79 Å². The Morgan fingerprint density at radius 3 is 2.40 bits per heavy atom. The normalized spacial score (nSPS) is 11.4. The smallest absolute Gasteiger partial charge is 0.407 e. The van der Waals surface area contributed by atoms with Gasteiger partial charge in [0.2, 0.25) is 0 Å². The largest absolute Gasteiger partial charge is 0.453 e. The topological polar surface area (TPSA) is 74.6 Å². The molecule has 7 nitrogen and oxygen atoms in total. The number of aryl methyl sites for hydroxylation is 1. The summed E-state index contributed by atoms with van der Waals surface area (Å²) in [4.78, 5) is 11.9. The van der Waals surface area contributed by atoms with E-state index in [-0.39, 0.29) is 0 Å². The van der Waals surface area contributed by atoms with Gasteiger partial charge < -0.3 is 19.5 Å². The fourth-order valence-electron chi connectivity index (χ4n) is 2.69. The molecule has 0 spiro atoms. The van der Waals surface area contributed by atoms with Gasteiger partial charge >= 0.3 is 6.09 Å². The Bertz CT molecular complexity index is 842. The van der Waals surface area contributed by atoms with Crippen molar-refractivity contribution in [2.24, 2.45) is 0 Å². The maximum atomic E-state index is 11.9. The number of nitrogens with one attached hydrogen (secondary N) is 1. The van der Waals surface area contributed by atoms with Crippen molar-refractivity contribution in [2.75, 3.05) is 13.2 Å². The third-order valence-corrected chi connectivity index (χ3v) is 4.34. The number of aromatic nitrogens is 2. The van der Waals surface area contributed by atoms with Gasteiger partial charge in [-0.15, -0.1) is 0 Å². The summed E-state index contributed by atoms with van der Waals surface area (Å²) in [5, 5.41) is 8.36. The zero-order chi connectivity index (χ0) is 22.3. The number of halogens is 2. The molecule has 0 saturated heterocycles. The Morgan fingerprint density at radius 1 is 1.17 bits per heavy atom. The molecule has 2 aromatic rings. The molecule has 0 bridgehead atoms. The molecule has 0 aliphatic rings. The van der Waals surface area contributed by atoms with Crippen LogP contribution in [0.4, 0.5) is 4.79 Å². The third-order valence-electron chi connectivity index (χ3n) is 3.90. The Balaban J connectivity index is 2.22. The number of rotatable bonds is 9. The van der Waals surface area contributed by atoms with E-state index in [1.807, 2.05) is 34.6 Å². The molecule has 30 heavy (non-hydrogen) atoms. The molecular formula is C21H29Cl2N3O4. The highest BCUT2D eigenvalue weighted by Gasteiger charge is 2.20. The molecule has 166 valence electrons. The fraction of sp³-hybridized carbons (Fsp3) is 0.524. The van der Waals surface area contributed by atoms with Gasteiger partial charge in [0.05, 0.1) is 13.2 Å². The lowest BCUT2D eigenvalue weighted by Gasteiger charge is -2.19. The molecule has 1 N–H and O–H groups in total. The van der Waals surface area contributed by atoms with Crippen LogP contribution in [0.3, 0.4) is 0 Å². The second-order valence-electron chi connectivity index (χ2n) is 7.57. The van der Waals surface area contributed by atoms with Gasteiger partial charge in [-0.3, -0.25) is 4.68 Å². The molecule has 0 atom stereocenters. The van der Waals surface area contributed by atoms with Crippen molar-refractivity contribution in [3.8, 4) is 11.5 Å². The van der Waals surface area contributed by atoms with E-state index in [0.29, 0.717) is 54.3 Å². The van der Waals surface area contributed by atoms with Gasteiger partial charge in [0.25, 0.3) is 0 Å². The van der Waals surface area contributed by atoms with Crippen LogP contribution in [0.2, 0.25) is 10.0 Å². The third kappa shape index (κ3) is 7.38. The van der Waals surface area contributed by atoms with Crippen molar-refractivity contribution >= 4 is 29.3 Å². The molecule has 9 heteroatoms. The first-order valence-electron chi connectivity index (χ1n) is 9.90. The summed E-state index contributed by atoms with van der Waals surface area (Å²) < 4.78 is 18.8. The van der Waals surface area contributed by atoms with E-state index in [2.05, 4.69) is 10.4 Å². The van der Waals surface area contributed by atoms with Crippen LogP contribution in [0, 0.1) is 0 Å². The van der Waals surface area contributed by atoms with E-state index in [9.17, 15) is 4.79 Å². The molecule has 0 unspecified atom stereocenters. The minimum Gasteiger partial charge on any atom is -0.453 e. The first-order chi connectivity index (χ1) is 14.1. The van der Waals surface area contributed by atoms with Crippen LogP contribution < -0.4 is 10.1 Å². The van der Waals surface area contributed by atoms with Crippen LogP contribution in [-0.4, -0.2) is 34.6 Å². The Morgan fingerprint density at radius 2 is 1.83 bits per heavy atom. The Hall–Kier alpha value is -1.96. The Kier molecular flexibility index (Phi) is 8.82. The minimum atomic E-state index is -0.551. The van der Waals surface area contributed by atoms with Crippen LogP contribution in [-0.2, 0) is 29.0 Å². The van der Waals surface area contributed by atoms with Crippen molar-refractivity contribution in [3.63, 3.8) is 0 Å². The summed E-state index contributed by atoms with van der Waals surface area (Å²) in [6, 6.07) is 5.03. The van der Waals surface area contributed by atoms with Gasteiger partial charge in [-0.1, -0.05) is 30.1 Å². The fourth-order valence-corrected chi connectivity index (χ4v) is 3.20. The van der Waals surface area contributed by atoms with E-state index in [1.54, 1.807) is 22.9 Å². The maximum Gasteiger partial charge on any atom is 0.407 e. The molecule has 1 aromatic carbocycles. The number of ether oxygens (including phenoxy) is 3. The molecule has 1 amide bonds. The van der Waals surface area contributed by atoms with E-state index >= 15 is 0 Å². The lowest BCUT2D eigenvalue weighted by molar-refractivity contribution is 0.0525. The van der Waals surface area contributed by atoms with Crippen LogP contribution in [0.5, 0.6) is 11.5 Å². The number of benzene rings is 1. The number of nitrogens with zero attached hydrogens (tertiary/aromatic N) is 2. The number of alkyl carbamates (subject to hydrolysis) is 1. The summed E-state index contributed by atoms with van der Waals surface area (Å²) in [6.45, 7) is 11.0. The second kappa shape index (κ2) is 10.9. The van der Waals surface area contributed by atoms with Crippen molar-refractivity contribution < 1.29 is 19.0 Å². The zero-order valence-corrected chi connectivity index (χ0v) is 19.6. The van der Waals surface area contributed by atoms with Gasteiger partial charge in [-0.2, -0.15) is 5.10 Å². The van der Waals surface area contributed by atoms with Crippen molar-refractivity contribution in [3.05, 3.63) is 39.6 Å². The van der Waals surface area contributed by atoms with E-state index in [0.717, 1.165) is 11.4 Å². The number of hydrogen-bond acceptors (Lipinski definition) is 5. The average molecular weight is 458 g/mol. The standard InChI is InChI=1S/C21H29Cl2N3O4/c1-6-17-19(29-16-11-14(22)10-15(23)12-16)18(13-28-7-2)26(25-17)9-8-24-20(27)30-21(3,4)5/h10-12H,6-9,13H2,1-5H3,(H,24,27). The summed E-state index contributed by atoms with van der Waals surface area (Å²) in [7, 11) is 0. The Labute approximate surface area is 187 Å². The molecule has 1 aromatic heterocycles. The van der Waals surface area contributed by atoms with Gasteiger partial charge in [0.15, 0.2) is 5.75 Å². The van der Waals surface area contributed by atoms with E-state index in [1.165, 1.54) is 0 Å². The number of amides is 1. The average Bonchev–Trinajstić information content (AvgIpc) is 2.94. The number of carbonyl (C=O) groups excluding carboxylic acids is 1. The summed E-state index contributed by atoms with van der Waals surface area (Å²) >= 11 is 12.2. The molecule has 0 fully saturated rings. The lowest BCUT2D eigenvalue weighted by atomic mass is 10.2. The van der Waals surface area contributed by atoms with Crippen molar-refractivity contribution in [1.29, 1.82) is 0 Å². The predicted octanol–water partition coefficient (Wildman–Crippen LogP) is 5.61. The molecule has 0 aliphatic heterocycles. The summed E-state index contributed by atoms with van der Waals surface area (Å²) in [5.74, 6) is 1.13. The molecule has 2 rings (SSSR count). The van der Waals surface area contributed by atoms with E-state index < -0.39 is 11.7 Å². The van der Waals surface area contributed by atoms with Crippen molar-refractivity contribution in [1.82, 2.24) is 15.1 Å². The first-order valence-corrected chi connectivity index (χ1v) is 10.7. The summed E-state index contributed by atoms with van der Waals surface area (Å²) in [5.41, 5.74) is 0.999. The SMILES string of the molecule is CCOCc1c(Oc2cc(Cl)cc(Cl)c2)c(CC)nn1CCNC(=O)OC(C)(C)C. The van der Waals surface area contributed by atoms with Gasteiger partial charge in [-0.05, 0) is 52.3 Å². The highest BCUT2D eigenvalue weighted by Crippen LogP contribution is 2.33. The van der Waals surface area contributed by atoms with Gasteiger partial charge in [0, 0.05) is 23.2 Å². The lowest BCUT2D eigenvalue weighted by Crippen LogP contribution is -2.34. The van der Waals surface area contributed by atoms with Crippen molar-refractivity contribution in [2.45, 2.75) is 59.8 Å². The van der Waals surface area contributed by atoms with E-state index in [4.69, 9.17) is 37.4 Å². The van der Waals surface area contributed by atoms with Crippen LogP contribution in [0.15, 0.2) is 18.2 Å². The van der Waals surface area contributed by atoms with Crippen LogP contribution in [0.1, 0.15) is 46.0 Å². The zero-order valence-electron chi connectivity index (χ0n) is 18.1. The number of hydrogen-bond donors (Lipinski definition) is 1. The van der Waals surface area contributed by atoms with Gasteiger partial charge in [0.1, 0.15) is 22.7 Å². The molecule has 0 saturated carbocycles. The molecule has 0 radical (unpaired) electrons. The first kappa shape index (κ1) is 24.3. The minimum absolute atomic E-state index is 0.319. The maximum absolute atomic E-state index is 11.9. The highest BCUT2D eigenvalue weighted by atomic mass is 35.5. The monoisotopic (exact) mass is 457 g/mol. The quantitative estimate of drug-likeness (QED) is 0.529.